The van der Waals surface area contributed by atoms with E-state index in [1.54, 1.807) is 0 Å². The highest BCUT2D eigenvalue weighted by atomic mass is 35.5. The van der Waals surface area contributed by atoms with Gasteiger partial charge in [0.05, 0.1) is 17.1 Å². The fourth-order valence-electron chi connectivity index (χ4n) is 3.06. The molecule has 1 aliphatic carbocycles. The van der Waals surface area contributed by atoms with Gasteiger partial charge < -0.3 is 11.1 Å². The van der Waals surface area contributed by atoms with Gasteiger partial charge in [-0.2, -0.15) is 0 Å². The number of fused-ring (bicyclic) bond motifs is 1. The largest absolute Gasteiger partial charge is 0.324 e. The van der Waals surface area contributed by atoms with Crippen molar-refractivity contribution < 1.29 is 4.79 Å². The number of carbonyl (C=O) groups is 1. The summed E-state index contributed by atoms with van der Waals surface area (Å²) < 4.78 is 0. The molecule has 2 aliphatic rings. The second-order valence-corrected chi connectivity index (χ2v) is 5.84. The van der Waals surface area contributed by atoms with Gasteiger partial charge in [0.25, 0.3) is 0 Å². The first kappa shape index (κ1) is 12.0. The lowest BCUT2D eigenvalue weighted by Crippen LogP contribution is -2.38. The number of rotatable bonds is 1. The van der Waals surface area contributed by atoms with E-state index in [0.717, 1.165) is 29.7 Å². The summed E-state index contributed by atoms with van der Waals surface area (Å²) >= 11 is 6.25. The van der Waals surface area contributed by atoms with Crippen LogP contribution in [0.25, 0.3) is 0 Å². The third-order valence-electron chi connectivity index (χ3n) is 4.11. The zero-order valence-corrected chi connectivity index (χ0v) is 11.0. The van der Waals surface area contributed by atoms with E-state index in [0.29, 0.717) is 11.4 Å². The van der Waals surface area contributed by atoms with Crippen molar-refractivity contribution >= 4 is 23.2 Å². The van der Waals surface area contributed by atoms with E-state index >= 15 is 0 Å². The summed E-state index contributed by atoms with van der Waals surface area (Å²) in [5.41, 5.74) is 9.09. The van der Waals surface area contributed by atoms with Gasteiger partial charge in [-0.3, -0.25) is 4.79 Å². The number of carbonyl (C=O) groups excluding carboxylic acids is 1. The van der Waals surface area contributed by atoms with Crippen LogP contribution >= 0.6 is 11.6 Å². The molecule has 1 aromatic carbocycles. The minimum absolute atomic E-state index is 0.0127. The normalized spacial score (nSPS) is 21.6. The molecule has 0 atom stereocenters. The molecule has 0 radical (unpaired) electrons. The molecule has 3 N–H and O–H groups in total. The van der Waals surface area contributed by atoms with Gasteiger partial charge >= 0.3 is 0 Å². The molecule has 4 heteroatoms. The van der Waals surface area contributed by atoms with E-state index < -0.39 is 0 Å². The van der Waals surface area contributed by atoms with Gasteiger partial charge in [0, 0.05) is 5.54 Å². The Kier molecular flexibility index (Phi) is 2.83. The second kappa shape index (κ2) is 4.25. The lowest BCUT2D eigenvalue weighted by atomic mass is 9.77. The van der Waals surface area contributed by atoms with Crippen LogP contribution < -0.4 is 11.1 Å². The van der Waals surface area contributed by atoms with Crippen molar-refractivity contribution in [2.24, 2.45) is 5.73 Å². The summed E-state index contributed by atoms with van der Waals surface area (Å²) in [5, 5.41) is 3.41. The first-order valence-corrected chi connectivity index (χ1v) is 6.88. The Morgan fingerprint density at radius 2 is 1.94 bits per heavy atom. The van der Waals surface area contributed by atoms with E-state index in [2.05, 4.69) is 11.4 Å². The maximum absolute atomic E-state index is 11.4. The number of hydrogen-bond donors (Lipinski definition) is 2. The molecule has 1 aliphatic heterocycles. The van der Waals surface area contributed by atoms with Gasteiger partial charge in [-0.05, 0) is 30.0 Å². The monoisotopic (exact) mass is 264 g/mol. The number of nitrogens with two attached hydrogens (primary N) is 1. The van der Waals surface area contributed by atoms with Crippen LogP contribution in [-0.2, 0) is 16.8 Å². The van der Waals surface area contributed by atoms with Crippen LogP contribution in [0, 0.1) is 0 Å². The van der Waals surface area contributed by atoms with E-state index in [-0.39, 0.29) is 11.4 Å². The average molecular weight is 265 g/mol. The third-order valence-corrected chi connectivity index (χ3v) is 4.41. The fourth-order valence-corrected chi connectivity index (χ4v) is 3.34. The SMILES string of the molecule is NC1(c2cc(Cl)c3c(c2)CC(=O)N3)CCCCC1. The van der Waals surface area contributed by atoms with Crippen LogP contribution in [0.15, 0.2) is 12.1 Å². The van der Waals surface area contributed by atoms with Crippen LogP contribution in [0.1, 0.15) is 43.2 Å². The smallest absolute Gasteiger partial charge is 0.228 e. The zero-order chi connectivity index (χ0) is 12.8. The lowest BCUT2D eigenvalue weighted by molar-refractivity contribution is -0.115. The van der Waals surface area contributed by atoms with Crippen molar-refractivity contribution in [2.45, 2.75) is 44.1 Å². The first-order valence-electron chi connectivity index (χ1n) is 6.50. The lowest BCUT2D eigenvalue weighted by Gasteiger charge is -2.34. The number of hydrogen-bond acceptors (Lipinski definition) is 2. The Hall–Kier alpha value is -1.06. The Morgan fingerprint density at radius 1 is 1.22 bits per heavy atom. The molecule has 0 saturated heterocycles. The summed E-state index contributed by atoms with van der Waals surface area (Å²) in [4.78, 5) is 11.4. The summed E-state index contributed by atoms with van der Waals surface area (Å²) in [7, 11) is 0. The summed E-state index contributed by atoms with van der Waals surface area (Å²) in [6.45, 7) is 0. The minimum Gasteiger partial charge on any atom is -0.324 e. The Bertz CT molecular complexity index is 507. The summed E-state index contributed by atoms with van der Waals surface area (Å²) in [6.07, 6.45) is 6.02. The molecule has 0 bridgehead atoms. The van der Waals surface area contributed by atoms with E-state index in [4.69, 9.17) is 17.3 Å². The highest BCUT2D eigenvalue weighted by Gasteiger charge is 2.32. The Labute approximate surface area is 112 Å². The number of nitrogens with one attached hydrogen (secondary N) is 1. The molecular weight excluding hydrogens is 248 g/mol. The van der Waals surface area contributed by atoms with E-state index in [1.165, 1.54) is 19.3 Å². The van der Waals surface area contributed by atoms with Crippen molar-refractivity contribution in [3.05, 3.63) is 28.3 Å². The summed E-state index contributed by atoms with van der Waals surface area (Å²) in [5.74, 6) is 0.0127. The summed E-state index contributed by atoms with van der Waals surface area (Å²) in [6, 6.07) is 3.99. The molecule has 1 fully saturated rings. The predicted octanol–water partition coefficient (Wildman–Crippen LogP) is 2.95. The first-order chi connectivity index (χ1) is 8.58. The van der Waals surface area contributed by atoms with Gasteiger partial charge in [0.2, 0.25) is 5.91 Å². The Balaban J connectivity index is 2.01. The molecule has 0 aromatic heterocycles. The molecule has 1 heterocycles. The van der Waals surface area contributed by atoms with Gasteiger partial charge in [0.15, 0.2) is 0 Å². The van der Waals surface area contributed by atoms with Crippen molar-refractivity contribution in [2.75, 3.05) is 5.32 Å². The maximum atomic E-state index is 11.4. The topological polar surface area (TPSA) is 55.1 Å². The molecule has 0 spiro atoms. The van der Waals surface area contributed by atoms with Gasteiger partial charge in [-0.1, -0.05) is 36.9 Å². The highest BCUT2D eigenvalue weighted by molar-refractivity contribution is 6.34. The average Bonchev–Trinajstić information content (AvgIpc) is 2.71. The molecule has 1 aromatic rings. The van der Waals surface area contributed by atoms with E-state index in [9.17, 15) is 4.79 Å². The van der Waals surface area contributed by atoms with Crippen molar-refractivity contribution in [3.8, 4) is 0 Å². The van der Waals surface area contributed by atoms with Crippen LogP contribution in [0.5, 0.6) is 0 Å². The van der Waals surface area contributed by atoms with Gasteiger partial charge in [-0.25, -0.2) is 0 Å². The number of anilines is 1. The molecule has 1 saturated carbocycles. The molecule has 3 rings (SSSR count). The second-order valence-electron chi connectivity index (χ2n) is 5.43. The van der Waals surface area contributed by atoms with Crippen LogP contribution in [0.2, 0.25) is 5.02 Å². The molecule has 1 amide bonds. The van der Waals surface area contributed by atoms with Crippen molar-refractivity contribution in [3.63, 3.8) is 0 Å². The number of amides is 1. The molecule has 0 unspecified atom stereocenters. The molecular formula is C14H17ClN2O. The highest BCUT2D eigenvalue weighted by Crippen LogP contribution is 2.40. The predicted molar refractivity (Wildman–Crippen MR) is 72.7 cm³/mol. The fraction of sp³-hybridized carbons (Fsp3) is 0.500. The standard InChI is InChI=1S/C14H17ClN2O/c15-11-8-10(14(16)4-2-1-3-5-14)6-9-7-12(18)17-13(9)11/h6,8H,1-5,7,16H2,(H,17,18). The zero-order valence-electron chi connectivity index (χ0n) is 10.3. The van der Waals surface area contributed by atoms with Crippen LogP contribution in [0.3, 0.4) is 0 Å². The molecule has 96 valence electrons. The van der Waals surface area contributed by atoms with Crippen LogP contribution in [-0.4, -0.2) is 5.91 Å². The number of halogens is 1. The van der Waals surface area contributed by atoms with E-state index in [1.807, 2.05) is 6.07 Å². The molecule has 3 nitrogen and oxygen atoms in total. The van der Waals surface area contributed by atoms with Gasteiger partial charge in [-0.15, -0.1) is 0 Å². The Morgan fingerprint density at radius 3 is 2.67 bits per heavy atom. The number of benzene rings is 1. The van der Waals surface area contributed by atoms with Crippen LogP contribution in [0.4, 0.5) is 5.69 Å². The van der Waals surface area contributed by atoms with Gasteiger partial charge in [0.1, 0.15) is 0 Å². The maximum Gasteiger partial charge on any atom is 0.228 e. The third kappa shape index (κ3) is 1.91. The van der Waals surface area contributed by atoms with Crippen molar-refractivity contribution in [1.29, 1.82) is 0 Å². The quantitative estimate of drug-likeness (QED) is 0.819. The minimum atomic E-state index is -0.261. The van der Waals surface area contributed by atoms with Crippen molar-refractivity contribution in [1.82, 2.24) is 0 Å². The molecule has 18 heavy (non-hydrogen) atoms.